The van der Waals surface area contributed by atoms with Gasteiger partial charge >= 0.3 is 0 Å². The van der Waals surface area contributed by atoms with Gasteiger partial charge in [-0.1, -0.05) is 0 Å². The number of aryl methyl sites for hydroxylation is 1. The van der Waals surface area contributed by atoms with E-state index in [1.165, 1.54) is 0 Å². The first-order valence-corrected chi connectivity index (χ1v) is 8.33. The molecular formula is C17H25N7. The van der Waals surface area contributed by atoms with Gasteiger partial charge in [0.25, 0.3) is 0 Å². The van der Waals surface area contributed by atoms with Crippen LogP contribution in [0.1, 0.15) is 24.1 Å². The fourth-order valence-corrected chi connectivity index (χ4v) is 3.01. The molecule has 7 heteroatoms. The monoisotopic (exact) mass is 327 g/mol. The molecule has 0 radical (unpaired) electrons. The first kappa shape index (κ1) is 16.4. The highest BCUT2D eigenvalue weighted by Crippen LogP contribution is 2.24. The lowest BCUT2D eigenvalue weighted by Crippen LogP contribution is -2.43. The zero-order chi connectivity index (χ0) is 17.1. The van der Waals surface area contributed by atoms with Crippen LogP contribution in [-0.4, -0.2) is 53.2 Å². The molecular weight excluding hydrogens is 302 g/mol. The third kappa shape index (κ3) is 3.55. The van der Waals surface area contributed by atoms with Crippen molar-refractivity contribution in [3.63, 3.8) is 0 Å². The number of aromatic nitrogens is 4. The third-order valence-corrected chi connectivity index (χ3v) is 4.49. The van der Waals surface area contributed by atoms with Crippen LogP contribution >= 0.6 is 0 Å². The summed E-state index contributed by atoms with van der Waals surface area (Å²) in [6.45, 7) is 6.07. The molecule has 0 spiro atoms. The van der Waals surface area contributed by atoms with Crippen LogP contribution in [0.3, 0.4) is 0 Å². The molecule has 128 valence electrons. The highest BCUT2D eigenvalue weighted by molar-refractivity contribution is 5.50. The number of anilines is 3. The first-order chi connectivity index (χ1) is 11.5. The standard InChI is InChI=1S/C17H25N7/c1-12-13(2)18-10-21-17(12)24-7-5-6-14(9-24)22-15-8-16(23(3)4)20-11-19-15/h8,10-11,14H,5-7,9H2,1-4H3,(H,19,20,22). The molecule has 1 aliphatic heterocycles. The van der Waals surface area contributed by atoms with Gasteiger partial charge in [0.05, 0.1) is 0 Å². The topological polar surface area (TPSA) is 70.1 Å². The van der Waals surface area contributed by atoms with Gasteiger partial charge in [0.2, 0.25) is 0 Å². The van der Waals surface area contributed by atoms with Crippen molar-refractivity contribution < 1.29 is 0 Å². The lowest BCUT2D eigenvalue weighted by molar-refractivity contribution is 0.524. The Hall–Kier alpha value is -2.44. The molecule has 1 N–H and O–H groups in total. The highest BCUT2D eigenvalue weighted by Gasteiger charge is 2.23. The molecule has 0 bridgehead atoms. The molecule has 7 nitrogen and oxygen atoms in total. The van der Waals surface area contributed by atoms with E-state index in [0.717, 1.165) is 54.6 Å². The molecule has 3 heterocycles. The fourth-order valence-electron chi connectivity index (χ4n) is 3.01. The smallest absolute Gasteiger partial charge is 0.135 e. The minimum atomic E-state index is 0.346. The largest absolute Gasteiger partial charge is 0.365 e. The average molecular weight is 327 g/mol. The summed E-state index contributed by atoms with van der Waals surface area (Å²) in [6, 6.07) is 2.33. The Morgan fingerprint density at radius 1 is 1.12 bits per heavy atom. The van der Waals surface area contributed by atoms with Gasteiger partial charge in [0.1, 0.15) is 30.1 Å². The zero-order valence-electron chi connectivity index (χ0n) is 14.8. The van der Waals surface area contributed by atoms with Gasteiger partial charge in [0, 0.05) is 50.6 Å². The van der Waals surface area contributed by atoms with E-state index in [1.807, 2.05) is 32.0 Å². The summed E-state index contributed by atoms with van der Waals surface area (Å²) in [4.78, 5) is 21.7. The van der Waals surface area contributed by atoms with Gasteiger partial charge in [-0.15, -0.1) is 0 Å². The molecule has 0 saturated carbocycles. The van der Waals surface area contributed by atoms with Crippen molar-refractivity contribution in [2.24, 2.45) is 0 Å². The van der Waals surface area contributed by atoms with Crippen molar-refractivity contribution in [2.45, 2.75) is 32.7 Å². The van der Waals surface area contributed by atoms with Crippen molar-refractivity contribution in [1.82, 2.24) is 19.9 Å². The fraction of sp³-hybridized carbons (Fsp3) is 0.529. The van der Waals surface area contributed by atoms with Crippen molar-refractivity contribution in [2.75, 3.05) is 42.3 Å². The number of nitrogens with zero attached hydrogens (tertiary/aromatic N) is 6. The maximum Gasteiger partial charge on any atom is 0.135 e. The second-order valence-corrected chi connectivity index (χ2v) is 6.49. The van der Waals surface area contributed by atoms with Crippen LogP contribution in [0.15, 0.2) is 18.7 Å². The van der Waals surface area contributed by atoms with E-state index in [4.69, 9.17) is 0 Å². The Balaban J connectivity index is 1.72. The molecule has 1 saturated heterocycles. The summed E-state index contributed by atoms with van der Waals surface area (Å²) >= 11 is 0. The van der Waals surface area contributed by atoms with Crippen LogP contribution in [0.25, 0.3) is 0 Å². The van der Waals surface area contributed by atoms with Crippen LogP contribution in [0, 0.1) is 13.8 Å². The van der Waals surface area contributed by atoms with E-state index in [9.17, 15) is 0 Å². The summed E-state index contributed by atoms with van der Waals surface area (Å²) < 4.78 is 0. The molecule has 24 heavy (non-hydrogen) atoms. The molecule has 0 amide bonds. The Bertz CT molecular complexity index is 701. The lowest BCUT2D eigenvalue weighted by Gasteiger charge is -2.35. The first-order valence-electron chi connectivity index (χ1n) is 8.33. The Labute approximate surface area is 143 Å². The maximum atomic E-state index is 4.50. The Kier molecular flexibility index (Phi) is 4.78. The van der Waals surface area contributed by atoms with Crippen LogP contribution in [0.5, 0.6) is 0 Å². The maximum absolute atomic E-state index is 4.50. The Morgan fingerprint density at radius 3 is 2.71 bits per heavy atom. The molecule has 0 aliphatic carbocycles. The van der Waals surface area contributed by atoms with E-state index < -0.39 is 0 Å². The van der Waals surface area contributed by atoms with Gasteiger partial charge in [-0.05, 0) is 26.7 Å². The predicted molar refractivity (Wildman–Crippen MR) is 96.7 cm³/mol. The van der Waals surface area contributed by atoms with E-state index in [2.05, 4.69) is 37.1 Å². The van der Waals surface area contributed by atoms with Crippen LogP contribution in [-0.2, 0) is 0 Å². The molecule has 1 aliphatic rings. The molecule has 1 fully saturated rings. The minimum absolute atomic E-state index is 0.346. The predicted octanol–water partition coefficient (Wildman–Crippen LogP) is 2.03. The highest BCUT2D eigenvalue weighted by atomic mass is 15.2. The van der Waals surface area contributed by atoms with Crippen LogP contribution in [0.4, 0.5) is 17.5 Å². The van der Waals surface area contributed by atoms with Gasteiger partial charge in [-0.25, -0.2) is 19.9 Å². The number of hydrogen-bond acceptors (Lipinski definition) is 7. The van der Waals surface area contributed by atoms with Gasteiger partial charge in [-0.3, -0.25) is 0 Å². The van der Waals surface area contributed by atoms with Crippen molar-refractivity contribution in [3.05, 3.63) is 30.0 Å². The van der Waals surface area contributed by atoms with Crippen molar-refractivity contribution >= 4 is 17.5 Å². The van der Waals surface area contributed by atoms with E-state index in [1.54, 1.807) is 12.7 Å². The normalized spacial score (nSPS) is 17.7. The van der Waals surface area contributed by atoms with Crippen LogP contribution in [0.2, 0.25) is 0 Å². The lowest BCUT2D eigenvalue weighted by atomic mass is 10.0. The zero-order valence-corrected chi connectivity index (χ0v) is 14.8. The van der Waals surface area contributed by atoms with Gasteiger partial charge in [-0.2, -0.15) is 0 Å². The second kappa shape index (κ2) is 6.98. The van der Waals surface area contributed by atoms with Gasteiger partial charge < -0.3 is 15.1 Å². The summed E-state index contributed by atoms with van der Waals surface area (Å²) in [5.41, 5.74) is 2.21. The minimum Gasteiger partial charge on any atom is -0.365 e. The number of piperidine rings is 1. The molecule has 1 unspecified atom stereocenters. The van der Waals surface area contributed by atoms with E-state index in [-0.39, 0.29) is 0 Å². The van der Waals surface area contributed by atoms with Crippen molar-refractivity contribution in [3.8, 4) is 0 Å². The van der Waals surface area contributed by atoms with E-state index in [0.29, 0.717) is 6.04 Å². The summed E-state index contributed by atoms with van der Waals surface area (Å²) in [5.74, 6) is 2.82. The quantitative estimate of drug-likeness (QED) is 0.921. The van der Waals surface area contributed by atoms with Gasteiger partial charge in [0.15, 0.2) is 0 Å². The van der Waals surface area contributed by atoms with Crippen LogP contribution < -0.4 is 15.1 Å². The molecule has 1 atom stereocenters. The summed E-state index contributed by atoms with van der Waals surface area (Å²) in [7, 11) is 3.96. The van der Waals surface area contributed by atoms with E-state index >= 15 is 0 Å². The number of rotatable bonds is 4. The summed E-state index contributed by atoms with van der Waals surface area (Å²) in [6.07, 6.45) is 5.52. The summed E-state index contributed by atoms with van der Waals surface area (Å²) in [5, 5.41) is 3.55. The van der Waals surface area contributed by atoms with Crippen molar-refractivity contribution in [1.29, 1.82) is 0 Å². The third-order valence-electron chi connectivity index (χ3n) is 4.49. The molecule has 0 aromatic carbocycles. The second-order valence-electron chi connectivity index (χ2n) is 6.49. The average Bonchev–Trinajstić information content (AvgIpc) is 2.58. The molecule has 2 aromatic rings. The Morgan fingerprint density at radius 2 is 1.92 bits per heavy atom. The molecule has 3 rings (SSSR count). The SMILES string of the molecule is Cc1ncnc(N2CCCC(Nc3cc(N(C)C)ncn3)C2)c1C. The molecule has 2 aromatic heterocycles. The number of hydrogen-bond donors (Lipinski definition) is 1. The number of nitrogens with one attached hydrogen (secondary N) is 1.